The summed E-state index contributed by atoms with van der Waals surface area (Å²) < 4.78 is 40.7. The summed E-state index contributed by atoms with van der Waals surface area (Å²) >= 11 is 0.839. The number of aliphatic carboxylic acids is 1. The molecule has 152 valence electrons. The van der Waals surface area contributed by atoms with E-state index in [0.717, 1.165) is 17.4 Å². The molecule has 0 aromatic carbocycles. The monoisotopic (exact) mass is 416 g/mol. The minimum Gasteiger partial charge on any atom is -0.480 e. The number of fused-ring (bicyclic) bond motifs is 1. The number of carboxylic acid groups (broad SMARTS) is 1. The van der Waals surface area contributed by atoms with Crippen LogP contribution in [0.1, 0.15) is 22.8 Å². The van der Waals surface area contributed by atoms with Crippen molar-refractivity contribution in [3.63, 3.8) is 0 Å². The highest BCUT2D eigenvalue weighted by Crippen LogP contribution is 2.40. The first-order chi connectivity index (χ1) is 13.1. The maximum absolute atomic E-state index is 13.6. The molecule has 1 atom stereocenters. The maximum atomic E-state index is 13.6. The predicted octanol–water partition coefficient (Wildman–Crippen LogP) is 2.27. The van der Waals surface area contributed by atoms with Crippen LogP contribution in [0.5, 0.6) is 0 Å². The fraction of sp³-hybridized carbons (Fsp3) is 0.471. The van der Waals surface area contributed by atoms with Gasteiger partial charge in [0.15, 0.2) is 0 Å². The second-order valence-corrected chi connectivity index (χ2v) is 7.35. The molecule has 0 saturated carbocycles. The van der Waals surface area contributed by atoms with E-state index in [1.165, 1.54) is 12.4 Å². The number of thiophene rings is 1. The van der Waals surface area contributed by atoms with Gasteiger partial charge in [0.25, 0.3) is 5.91 Å². The van der Waals surface area contributed by atoms with Crippen molar-refractivity contribution in [2.45, 2.75) is 19.1 Å². The fourth-order valence-electron chi connectivity index (χ4n) is 3.16. The number of rotatable bonds is 4. The predicted molar refractivity (Wildman–Crippen MR) is 98.9 cm³/mol. The molecule has 1 amide bonds. The minimum atomic E-state index is -4.58. The number of carbonyl (C=O) groups excluding carboxylic acids is 1. The summed E-state index contributed by atoms with van der Waals surface area (Å²) in [5.41, 5.74) is -0.697. The van der Waals surface area contributed by atoms with Crippen LogP contribution in [0.15, 0.2) is 11.4 Å². The largest absolute Gasteiger partial charge is 0.480 e. The van der Waals surface area contributed by atoms with Gasteiger partial charge in [-0.3, -0.25) is 14.5 Å². The molecule has 0 spiro atoms. The Morgan fingerprint density at radius 2 is 1.93 bits per heavy atom. The molecule has 1 unspecified atom stereocenters. The molecule has 2 N–H and O–H groups in total. The van der Waals surface area contributed by atoms with E-state index in [-0.39, 0.29) is 21.6 Å². The van der Waals surface area contributed by atoms with Crippen LogP contribution in [-0.4, -0.2) is 66.1 Å². The number of carboxylic acids is 1. The average molecular weight is 416 g/mol. The van der Waals surface area contributed by atoms with Gasteiger partial charge in [0, 0.05) is 38.6 Å². The number of aromatic nitrogens is 1. The number of halogens is 3. The number of amides is 1. The van der Waals surface area contributed by atoms with Crippen molar-refractivity contribution in [2.75, 3.05) is 38.1 Å². The van der Waals surface area contributed by atoms with Gasteiger partial charge in [0.05, 0.1) is 21.3 Å². The summed E-state index contributed by atoms with van der Waals surface area (Å²) in [4.78, 5) is 30.9. The lowest BCUT2D eigenvalue weighted by atomic mass is 10.1. The Morgan fingerprint density at radius 1 is 1.29 bits per heavy atom. The number of pyridine rings is 1. The highest BCUT2D eigenvalue weighted by atomic mass is 32.1. The first-order valence-corrected chi connectivity index (χ1v) is 9.44. The molecule has 7 nitrogen and oxygen atoms in total. The zero-order chi connectivity index (χ0) is 20.6. The topological polar surface area (TPSA) is 85.8 Å². The number of hydrogen-bond donors (Lipinski definition) is 2. The van der Waals surface area contributed by atoms with E-state index in [1.54, 1.807) is 16.7 Å². The Kier molecular flexibility index (Phi) is 5.48. The van der Waals surface area contributed by atoms with Gasteiger partial charge in [-0.2, -0.15) is 13.2 Å². The number of carbonyl (C=O) groups is 2. The summed E-state index contributed by atoms with van der Waals surface area (Å²) in [6.45, 7) is 3.03. The number of alkyl halides is 3. The lowest BCUT2D eigenvalue weighted by Gasteiger charge is -2.37. The maximum Gasteiger partial charge on any atom is 0.417 e. The van der Waals surface area contributed by atoms with E-state index in [4.69, 9.17) is 5.11 Å². The molecule has 3 rings (SSSR count). The van der Waals surface area contributed by atoms with Gasteiger partial charge in [-0.1, -0.05) is 0 Å². The van der Waals surface area contributed by atoms with Crippen molar-refractivity contribution in [2.24, 2.45) is 0 Å². The second kappa shape index (κ2) is 7.55. The molecular formula is C17H19F3N4O3S. The number of anilines is 1. The quantitative estimate of drug-likeness (QED) is 0.796. The smallest absolute Gasteiger partial charge is 0.417 e. The third-order valence-corrected chi connectivity index (χ3v) is 5.83. The van der Waals surface area contributed by atoms with Crippen molar-refractivity contribution in [3.05, 3.63) is 22.6 Å². The third-order valence-electron chi connectivity index (χ3n) is 4.83. The molecule has 2 aromatic heterocycles. The van der Waals surface area contributed by atoms with Crippen LogP contribution in [0.2, 0.25) is 0 Å². The lowest BCUT2D eigenvalue weighted by Crippen LogP contribution is -2.52. The van der Waals surface area contributed by atoms with Gasteiger partial charge < -0.3 is 15.3 Å². The third kappa shape index (κ3) is 3.76. The number of nitrogens with one attached hydrogen (secondary N) is 1. The highest BCUT2D eigenvalue weighted by Gasteiger charge is 2.36. The van der Waals surface area contributed by atoms with Crippen LogP contribution in [0.25, 0.3) is 10.2 Å². The molecule has 0 radical (unpaired) electrons. The van der Waals surface area contributed by atoms with E-state index in [1.807, 2.05) is 0 Å². The highest BCUT2D eigenvalue weighted by molar-refractivity contribution is 7.17. The SMILES string of the molecule is CNC(=O)c1csc2c(C(F)(F)F)cc(N3CCN(C(C)C(=O)O)CC3)nc12. The molecule has 2 aromatic rings. The van der Waals surface area contributed by atoms with E-state index in [0.29, 0.717) is 26.2 Å². The number of hydrogen-bond acceptors (Lipinski definition) is 6. The summed E-state index contributed by atoms with van der Waals surface area (Å²) in [6, 6.07) is 0.336. The Hall–Kier alpha value is -2.40. The van der Waals surface area contributed by atoms with Crippen molar-refractivity contribution < 1.29 is 27.9 Å². The summed E-state index contributed by atoms with van der Waals surface area (Å²) in [7, 11) is 1.41. The molecule has 1 fully saturated rings. The molecule has 1 saturated heterocycles. The molecule has 3 heterocycles. The molecule has 1 aliphatic rings. The molecule has 28 heavy (non-hydrogen) atoms. The van der Waals surface area contributed by atoms with Gasteiger partial charge in [-0.15, -0.1) is 11.3 Å². The Morgan fingerprint density at radius 3 is 2.46 bits per heavy atom. The summed E-state index contributed by atoms with van der Waals surface area (Å²) in [5, 5.41) is 12.9. The van der Waals surface area contributed by atoms with Crippen molar-refractivity contribution in [1.82, 2.24) is 15.2 Å². The van der Waals surface area contributed by atoms with Crippen LogP contribution < -0.4 is 10.2 Å². The number of piperazine rings is 1. The zero-order valence-electron chi connectivity index (χ0n) is 15.2. The molecule has 0 aliphatic carbocycles. The van der Waals surface area contributed by atoms with Gasteiger partial charge in [-0.25, -0.2) is 4.98 Å². The lowest BCUT2D eigenvalue weighted by molar-refractivity contribution is -0.142. The van der Waals surface area contributed by atoms with Gasteiger partial charge in [0.2, 0.25) is 0 Å². The van der Waals surface area contributed by atoms with Crippen LogP contribution in [0.4, 0.5) is 19.0 Å². The summed E-state index contributed by atoms with van der Waals surface area (Å²) in [6.07, 6.45) is -4.58. The van der Waals surface area contributed by atoms with Crippen LogP contribution in [-0.2, 0) is 11.0 Å². The van der Waals surface area contributed by atoms with Crippen LogP contribution >= 0.6 is 11.3 Å². The van der Waals surface area contributed by atoms with Crippen molar-refractivity contribution in [1.29, 1.82) is 0 Å². The fourth-order valence-corrected chi connectivity index (χ4v) is 4.18. The van der Waals surface area contributed by atoms with Crippen LogP contribution in [0, 0.1) is 0 Å². The van der Waals surface area contributed by atoms with Gasteiger partial charge in [-0.05, 0) is 13.0 Å². The normalized spacial score (nSPS) is 17.0. The molecular weight excluding hydrogens is 397 g/mol. The van der Waals surface area contributed by atoms with E-state index in [9.17, 15) is 22.8 Å². The van der Waals surface area contributed by atoms with Crippen molar-refractivity contribution >= 4 is 39.2 Å². The van der Waals surface area contributed by atoms with Gasteiger partial charge >= 0.3 is 12.1 Å². The number of nitrogens with zero attached hydrogens (tertiary/aromatic N) is 3. The average Bonchev–Trinajstić information content (AvgIpc) is 3.09. The molecule has 11 heteroatoms. The van der Waals surface area contributed by atoms with E-state index in [2.05, 4.69) is 10.3 Å². The minimum absolute atomic E-state index is 0.0236. The van der Waals surface area contributed by atoms with E-state index < -0.39 is 29.7 Å². The Bertz CT molecular complexity index is 907. The summed E-state index contributed by atoms with van der Waals surface area (Å²) in [5.74, 6) is -1.31. The molecule has 1 aliphatic heterocycles. The standard InChI is InChI=1S/C17H19F3N4O3S/c1-9(16(26)27)23-3-5-24(6-4-23)12-7-11(17(18,19)20)14-13(22-12)10(8-28-14)15(25)21-2/h7-9H,3-6H2,1-2H3,(H,21,25)(H,26,27). The second-order valence-electron chi connectivity index (χ2n) is 6.47. The zero-order valence-corrected chi connectivity index (χ0v) is 16.0. The Labute approximate surface area is 162 Å². The molecule has 0 bridgehead atoms. The van der Waals surface area contributed by atoms with Gasteiger partial charge in [0.1, 0.15) is 11.9 Å². The first kappa shape index (κ1) is 20.3. The van der Waals surface area contributed by atoms with Crippen LogP contribution in [0.3, 0.4) is 0 Å². The van der Waals surface area contributed by atoms with E-state index >= 15 is 0 Å². The van der Waals surface area contributed by atoms with Crippen molar-refractivity contribution in [3.8, 4) is 0 Å². The Balaban J connectivity index is 1.98. The first-order valence-electron chi connectivity index (χ1n) is 8.56.